The number of methoxy groups -OCH3 is 1. The van der Waals surface area contributed by atoms with Gasteiger partial charge in [0.05, 0.1) is 17.8 Å². The molecule has 1 spiro atoms. The Balaban J connectivity index is 1.97. The van der Waals surface area contributed by atoms with Crippen LogP contribution in [0.3, 0.4) is 0 Å². The molecule has 2 unspecified atom stereocenters. The Morgan fingerprint density at radius 2 is 2.27 bits per heavy atom. The summed E-state index contributed by atoms with van der Waals surface area (Å²) < 4.78 is 10.9. The maximum atomic E-state index is 10.3. The molecule has 0 aromatic rings. The lowest BCUT2D eigenvalue weighted by Crippen LogP contribution is -2.52. The molecule has 2 atom stereocenters. The zero-order valence-electron chi connectivity index (χ0n) is 9.79. The summed E-state index contributed by atoms with van der Waals surface area (Å²) in [5.41, 5.74) is -0.582. The van der Waals surface area contributed by atoms with Crippen LogP contribution >= 0.6 is 0 Å². The van der Waals surface area contributed by atoms with Crippen molar-refractivity contribution in [3.05, 3.63) is 0 Å². The minimum Gasteiger partial charge on any atom is -0.387 e. The van der Waals surface area contributed by atoms with Crippen LogP contribution in [-0.2, 0) is 9.47 Å². The van der Waals surface area contributed by atoms with Crippen LogP contribution in [0.1, 0.15) is 39.0 Å². The maximum absolute atomic E-state index is 10.3. The number of hydrogen-bond acceptors (Lipinski definition) is 3. The lowest BCUT2D eigenvalue weighted by Gasteiger charge is -2.50. The predicted molar refractivity (Wildman–Crippen MR) is 57.8 cm³/mol. The molecule has 1 aliphatic carbocycles. The molecule has 2 aliphatic rings. The molecule has 0 aromatic heterocycles. The first kappa shape index (κ1) is 11.4. The van der Waals surface area contributed by atoms with Crippen molar-refractivity contribution in [2.75, 3.05) is 20.3 Å². The van der Waals surface area contributed by atoms with E-state index in [1.54, 1.807) is 7.11 Å². The first-order valence-electron chi connectivity index (χ1n) is 5.93. The van der Waals surface area contributed by atoms with E-state index in [0.717, 1.165) is 19.4 Å². The fraction of sp³-hybridized carbons (Fsp3) is 1.00. The topological polar surface area (TPSA) is 38.7 Å². The molecule has 1 saturated carbocycles. The minimum absolute atomic E-state index is 0.112. The van der Waals surface area contributed by atoms with Gasteiger partial charge in [-0.05, 0) is 44.9 Å². The van der Waals surface area contributed by atoms with Gasteiger partial charge in [0.1, 0.15) is 0 Å². The molecule has 2 rings (SSSR count). The van der Waals surface area contributed by atoms with Crippen molar-refractivity contribution in [2.45, 2.75) is 50.2 Å². The summed E-state index contributed by atoms with van der Waals surface area (Å²) in [6.45, 7) is 3.11. The largest absolute Gasteiger partial charge is 0.387 e. The Morgan fingerprint density at radius 3 is 2.80 bits per heavy atom. The van der Waals surface area contributed by atoms with E-state index in [9.17, 15) is 5.11 Å². The number of ether oxygens (including phenoxy) is 2. The van der Waals surface area contributed by atoms with Crippen LogP contribution in [0, 0.1) is 5.92 Å². The smallest absolute Gasteiger partial charge is 0.0881 e. The zero-order chi connectivity index (χ0) is 10.9. The van der Waals surface area contributed by atoms with Crippen molar-refractivity contribution in [2.24, 2.45) is 5.92 Å². The fourth-order valence-electron chi connectivity index (χ4n) is 2.89. The van der Waals surface area contributed by atoms with Gasteiger partial charge >= 0.3 is 0 Å². The van der Waals surface area contributed by atoms with Crippen LogP contribution in [0.4, 0.5) is 0 Å². The molecule has 0 amide bonds. The molecule has 1 aliphatic heterocycles. The quantitative estimate of drug-likeness (QED) is 0.777. The van der Waals surface area contributed by atoms with Crippen molar-refractivity contribution >= 4 is 0 Å². The summed E-state index contributed by atoms with van der Waals surface area (Å²) in [6, 6.07) is 0. The minimum atomic E-state index is -0.693. The van der Waals surface area contributed by atoms with E-state index in [1.165, 1.54) is 19.3 Å². The van der Waals surface area contributed by atoms with Crippen molar-refractivity contribution in [3.8, 4) is 0 Å². The summed E-state index contributed by atoms with van der Waals surface area (Å²) in [5.74, 6) is 0.325. The Morgan fingerprint density at radius 1 is 1.53 bits per heavy atom. The Kier molecular flexibility index (Phi) is 3.06. The Labute approximate surface area is 91.8 Å². The van der Waals surface area contributed by atoms with Gasteiger partial charge in [0.15, 0.2) is 0 Å². The average Bonchev–Trinajstić information content (AvgIpc) is 2.16. The van der Waals surface area contributed by atoms with Crippen molar-refractivity contribution in [3.63, 3.8) is 0 Å². The number of aliphatic hydroxyl groups is 1. The highest BCUT2D eigenvalue weighted by atomic mass is 16.5. The second-order valence-electron chi connectivity index (χ2n) is 5.36. The third kappa shape index (κ3) is 2.19. The molecule has 3 heteroatoms. The number of rotatable bonds is 3. The van der Waals surface area contributed by atoms with E-state index in [1.807, 2.05) is 6.92 Å². The fourth-order valence-corrected chi connectivity index (χ4v) is 2.89. The van der Waals surface area contributed by atoms with Crippen LogP contribution < -0.4 is 0 Å². The SMILES string of the molecule is COCC(C)(O)C1CCOC2(CCC2)C1. The summed E-state index contributed by atoms with van der Waals surface area (Å²) in [4.78, 5) is 0. The number of hydrogen-bond donors (Lipinski definition) is 1. The summed E-state index contributed by atoms with van der Waals surface area (Å²) in [7, 11) is 1.65. The zero-order valence-corrected chi connectivity index (χ0v) is 9.79. The van der Waals surface area contributed by atoms with Gasteiger partial charge in [0, 0.05) is 13.7 Å². The normalized spacial score (nSPS) is 33.4. The van der Waals surface area contributed by atoms with Crippen LogP contribution in [0.25, 0.3) is 0 Å². The maximum Gasteiger partial charge on any atom is 0.0881 e. The molecular weight excluding hydrogens is 192 g/mol. The van der Waals surface area contributed by atoms with Crippen LogP contribution in [0.15, 0.2) is 0 Å². The lowest BCUT2D eigenvalue weighted by atomic mass is 9.68. The summed E-state index contributed by atoms with van der Waals surface area (Å²) in [6.07, 6.45) is 5.58. The average molecular weight is 214 g/mol. The van der Waals surface area contributed by atoms with Crippen LogP contribution in [0.2, 0.25) is 0 Å². The predicted octanol–water partition coefficient (Wildman–Crippen LogP) is 1.73. The summed E-state index contributed by atoms with van der Waals surface area (Å²) in [5, 5.41) is 10.3. The molecule has 3 nitrogen and oxygen atoms in total. The van der Waals surface area contributed by atoms with E-state index in [-0.39, 0.29) is 5.60 Å². The second kappa shape index (κ2) is 4.04. The standard InChI is InChI=1S/C12H22O3/c1-11(13,9-14-2)10-4-7-15-12(8-10)5-3-6-12/h10,13H,3-9H2,1-2H3. The van der Waals surface area contributed by atoms with Gasteiger partial charge in [0.2, 0.25) is 0 Å². The second-order valence-corrected chi connectivity index (χ2v) is 5.36. The van der Waals surface area contributed by atoms with E-state index in [0.29, 0.717) is 12.5 Å². The molecule has 88 valence electrons. The van der Waals surface area contributed by atoms with Gasteiger partial charge in [0.25, 0.3) is 0 Å². The Bertz CT molecular complexity index is 221. The first-order chi connectivity index (χ1) is 7.08. The third-order valence-corrected chi connectivity index (χ3v) is 4.07. The molecule has 0 aromatic carbocycles. The van der Waals surface area contributed by atoms with Gasteiger partial charge in [-0.25, -0.2) is 0 Å². The van der Waals surface area contributed by atoms with Gasteiger partial charge in [-0.3, -0.25) is 0 Å². The van der Waals surface area contributed by atoms with Crippen LogP contribution in [-0.4, -0.2) is 36.6 Å². The van der Waals surface area contributed by atoms with Gasteiger partial charge in [-0.15, -0.1) is 0 Å². The molecule has 0 radical (unpaired) electrons. The van der Waals surface area contributed by atoms with E-state index < -0.39 is 5.60 Å². The first-order valence-corrected chi connectivity index (χ1v) is 5.93. The van der Waals surface area contributed by atoms with Gasteiger partial charge in [-0.2, -0.15) is 0 Å². The van der Waals surface area contributed by atoms with E-state index in [4.69, 9.17) is 9.47 Å². The van der Waals surface area contributed by atoms with E-state index in [2.05, 4.69) is 0 Å². The van der Waals surface area contributed by atoms with Crippen molar-refractivity contribution in [1.82, 2.24) is 0 Å². The van der Waals surface area contributed by atoms with Crippen LogP contribution in [0.5, 0.6) is 0 Å². The van der Waals surface area contributed by atoms with Gasteiger partial charge < -0.3 is 14.6 Å². The molecule has 1 saturated heterocycles. The monoisotopic (exact) mass is 214 g/mol. The van der Waals surface area contributed by atoms with Crippen molar-refractivity contribution in [1.29, 1.82) is 0 Å². The molecule has 15 heavy (non-hydrogen) atoms. The lowest BCUT2D eigenvalue weighted by molar-refractivity contribution is -0.180. The molecule has 1 heterocycles. The highest BCUT2D eigenvalue weighted by molar-refractivity contribution is 4.98. The van der Waals surface area contributed by atoms with E-state index >= 15 is 0 Å². The highest BCUT2D eigenvalue weighted by Crippen LogP contribution is 2.46. The molecule has 2 fully saturated rings. The molecule has 0 bridgehead atoms. The Hall–Kier alpha value is -0.120. The third-order valence-electron chi connectivity index (χ3n) is 4.07. The summed E-state index contributed by atoms with van der Waals surface area (Å²) >= 11 is 0. The molecule has 1 N–H and O–H groups in total. The van der Waals surface area contributed by atoms with Crippen molar-refractivity contribution < 1.29 is 14.6 Å². The molecular formula is C12H22O3. The van der Waals surface area contributed by atoms with Gasteiger partial charge in [-0.1, -0.05) is 0 Å². The highest BCUT2D eigenvalue weighted by Gasteiger charge is 2.47.